The number of hydrogen-bond donors (Lipinski definition) is 0. The van der Waals surface area contributed by atoms with Gasteiger partial charge in [-0.2, -0.15) is 12.1 Å². The van der Waals surface area contributed by atoms with Crippen molar-refractivity contribution in [3.8, 4) is 28.4 Å². The molecule has 80 heavy (non-hydrogen) atoms. The molecule has 4 aliphatic carbocycles. The Bertz CT molecular complexity index is 4740. The molecule has 4 saturated carbocycles. The molecule has 0 radical (unpaired) electrons. The Kier molecular flexibility index (Phi) is 9.37. The van der Waals surface area contributed by atoms with Crippen LogP contribution in [-0.4, -0.2) is 23.7 Å². The zero-order chi connectivity index (χ0) is 57.1. The van der Waals surface area contributed by atoms with Gasteiger partial charge >= 0.3 is 0 Å². The first-order valence-corrected chi connectivity index (χ1v) is 27.6. The molecule has 6 heterocycles. The molecule has 4 bridgehead atoms. The molecule has 13 aromatic rings. The Morgan fingerprint density at radius 1 is 0.562 bits per heavy atom. The molecule has 1 aliphatic heterocycles. The molecule has 0 spiro atoms. The number of nitrogens with zero attached hydrogens (tertiary/aromatic N) is 7. The number of anilines is 4. The summed E-state index contributed by atoms with van der Waals surface area (Å²) < 4.78 is 67.5. The SMILES string of the molecule is [2H]C([2H])([2H])n1c2ccccc2c2c(-c3ccccc3)c3c4ccccc4n(C([2H])([2H])[2H])c3c(N3[CH-]N(c4[c-]c(Oc5[c-]c6c(cc5)c5ccncc5n6-c5cc(C6(c7ccccc7)C7CC8CC(C7)CC6C8)ccn5)ccc4)c4ccccc43)c21.[Pt]. The second kappa shape index (κ2) is 18.0. The van der Waals surface area contributed by atoms with Gasteiger partial charge in [0.05, 0.1) is 28.4 Å². The Morgan fingerprint density at radius 3 is 1.90 bits per heavy atom. The Hall–Kier alpha value is -8.45. The van der Waals surface area contributed by atoms with Gasteiger partial charge in [-0.1, -0.05) is 115 Å². The minimum Gasteiger partial charge on any atom is -0.509 e. The second-order valence-electron chi connectivity index (χ2n) is 22.3. The van der Waals surface area contributed by atoms with Crippen molar-refractivity contribution in [3.63, 3.8) is 0 Å². The molecule has 0 unspecified atom stereocenters. The van der Waals surface area contributed by atoms with E-state index in [9.17, 15) is 8.22 Å². The molecule has 4 fully saturated rings. The first kappa shape index (κ1) is 41.6. The van der Waals surface area contributed by atoms with Crippen molar-refractivity contribution in [1.82, 2.24) is 23.7 Å². The Morgan fingerprint density at radius 2 is 1.20 bits per heavy atom. The average Bonchev–Trinajstić information content (AvgIpc) is 1.41. The summed E-state index contributed by atoms with van der Waals surface area (Å²) in [6.07, 6.45) is 12.2. The molecule has 0 N–H and O–H groups in total. The summed E-state index contributed by atoms with van der Waals surface area (Å²) in [4.78, 5) is 13.7. The smallest absolute Gasteiger partial charge is 0.135 e. The van der Waals surface area contributed by atoms with Crippen molar-refractivity contribution in [1.29, 1.82) is 0 Å². The van der Waals surface area contributed by atoms with Crippen LogP contribution in [0.4, 0.5) is 22.7 Å². The molecule has 5 aromatic heterocycles. The molecule has 392 valence electrons. The third kappa shape index (κ3) is 6.72. The van der Waals surface area contributed by atoms with Crippen LogP contribution in [0.3, 0.4) is 0 Å². The van der Waals surface area contributed by atoms with E-state index < -0.39 is 14.0 Å². The summed E-state index contributed by atoms with van der Waals surface area (Å²) >= 11 is 0. The van der Waals surface area contributed by atoms with Gasteiger partial charge in [-0.15, -0.1) is 48.1 Å². The fraction of sp³-hybridized carbons (Fsp3) is 0.169. The van der Waals surface area contributed by atoms with Gasteiger partial charge < -0.3 is 28.2 Å². The number of fused-ring (bicyclic) bond motifs is 10. The van der Waals surface area contributed by atoms with Crippen LogP contribution >= 0.6 is 0 Å². The van der Waals surface area contributed by atoms with Gasteiger partial charge in [0, 0.05) is 122 Å². The summed E-state index contributed by atoms with van der Waals surface area (Å²) in [6, 6.07) is 67.9. The predicted molar refractivity (Wildman–Crippen MR) is 320 cm³/mol. The fourth-order valence-electron chi connectivity index (χ4n) is 15.6. The first-order chi connectivity index (χ1) is 41.4. The van der Waals surface area contributed by atoms with Crippen LogP contribution in [0.25, 0.3) is 82.4 Å². The number of hydrogen-bond acceptors (Lipinski definition) is 5. The maximum Gasteiger partial charge on any atom is 0.135 e. The van der Waals surface area contributed by atoms with Gasteiger partial charge in [-0.25, -0.2) is 4.98 Å². The molecule has 0 saturated heterocycles. The molecular formula is C71H54N7OPt-3. The minimum atomic E-state index is -2.70. The van der Waals surface area contributed by atoms with Gasteiger partial charge in [-0.05, 0) is 120 Å². The summed E-state index contributed by atoms with van der Waals surface area (Å²) in [5, 5.41) is 4.90. The fourth-order valence-corrected chi connectivity index (χ4v) is 15.6. The second-order valence-corrected chi connectivity index (χ2v) is 22.3. The molecule has 8 aromatic carbocycles. The van der Waals surface area contributed by atoms with Crippen molar-refractivity contribution >= 4 is 88.2 Å². The zero-order valence-electron chi connectivity index (χ0n) is 49.3. The van der Waals surface area contributed by atoms with Crippen molar-refractivity contribution in [2.24, 2.45) is 37.6 Å². The van der Waals surface area contributed by atoms with Crippen LogP contribution in [-0.2, 0) is 40.4 Å². The number of aryl methyl sites for hydroxylation is 2. The van der Waals surface area contributed by atoms with Crippen molar-refractivity contribution < 1.29 is 34.0 Å². The molecule has 0 amide bonds. The van der Waals surface area contributed by atoms with Crippen LogP contribution in [0, 0.1) is 42.5 Å². The number of para-hydroxylation sites is 4. The van der Waals surface area contributed by atoms with Gasteiger partial charge in [0.25, 0.3) is 0 Å². The number of pyridine rings is 2. The van der Waals surface area contributed by atoms with Crippen LogP contribution in [0.5, 0.6) is 11.5 Å². The van der Waals surface area contributed by atoms with E-state index in [-0.39, 0.29) is 26.5 Å². The average molecular weight is 1220 g/mol. The van der Waals surface area contributed by atoms with Crippen molar-refractivity contribution in [2.45, 2.75) is 37.5 Å². The van der Waals surface area contributed by atoms with E-state index >= 15 is 0 Å². The Balaban J connectivity index is 0.00000600. The summed E-state index contributed by atoms with van der Waals surface area (Å²) in [7, 11) is 0. The quantitative estimate of drug-likeness (QED) is 0.142. The maximum absolute atomic E-state index is 9.27. The van der Waals surface area contributed by atoms with Crippen LogP contribution in [0.15, 0.2) is 201 Å². The number of aromatic nitrogens is 5. The van der Waals surface area contributed by atoms with E-state index in [2.05, 4.69) is 76.3 Å². The van der Waals surface area contributed by atoms with Gasteiger partial charge in [0.1, 0.15) is 5.82 Å². The van der Waals surface area contributed by atoms with Gasteiger partial charge in [0.15, 0.2) is 0 Å². The third-order valence-corrected chi connectivity index (χ3v) is 18.4. The van der Waals surface area contributed by atoms with E-state index in [1.807, 2.05) is 162 Å². The normalized spacial score (nSPS) is 21.6. The summed E-state index contributed by atoms with van der Waals surface area (Å²) in [5.41, 5.74) is 10.2. The largest absolute Gasteiger partial charge is 0.509 e. The predicted octanol–water partition coefficient (Wildman–Crippen LogP) is 17.1. The molecule has 8 nitrogen and oxygen atoms in total. The van der Waals surface area contributed by atoms with E-state index in [4.69, 9.17) is 9.72 Å². The van der Waals surface area contributed by atoms with Crippen molar-refractivity contribution in [2.75, 3.05) is 9.80 Å². The van der Waals surface area contributed by atoms with Crippen LogP contribution in [0.2, 0.25) is 0 Å². The monoisotopic (exact) mass is 1220 g/mol. The minimum absolute atomic E-state index is 0. The van der Waals surface area contributed by atoms with E-state index in [1.165, 1.54) is 52.4 Å². The summed E-state index contributed by atoms with van der Waals surface area (Å²) in [6.45, 7) is -3.48. The molecule has 18 rings (SSSR count). The topological polar surface area (TPSA) is 56.3 Å². The van der Waals surface area contributed by atoms with E-state index in [0.29, 0.717) is 73.2 Å². The standard InChI is InChI=1S/C71H54N7O.Pt/c1-74-58-24-11-9-22-56(58)66-65(46-16-5-3-6-17-46)67-57-23-10-12-25-59(57)75(2)69(67)70(68(66)74)77-43-76(60-26-13-14-27-61(60)77)51-20-15-21-52(40-51)79-53-28-29-54-55-31-32-72-42-63(55)78(62(54)41-53)64-39-48(30-33-73-64)71(47-18-7-4-8-19-47)49-35-44-34-45(37-49)38-50(71)36-44;/h3-33,39,42-45,49-50H,34-38H2,1-2H3;/q-3;/i1D3,2D3;. The molecule has 5 aliphatic rings. The van der Waals surface area contributed by atoms with Gasteiger partial charge in [0.2, 0.25) is 0 Å². The third-order valence-electron chi connectivity index (χ3n) is 18.4. The van der Waals surface area contributed by atoms with Crippen LogP contribution < -0.4 is 14.5 Å². The maximum atomic E-state index is 9.27. The number of ether oxygens (including phenoxy) is 1. The molecular weight excluding hydrogens is 1160 g/mol. The Labute approximate surface area is 487 Å². The first-order valence-electron chi connectivity index (χ1n) is 30.6. The summed E-state index contributed by atoms with van der Waals surface area (Å²) in [5.74, 6) is 4.49. The molecule has 9 heteroatoms. The molecule has 0 atom stereocenters. The van der Waals surface area contributed by atoms with E-state index in [1.54, 1.807) is 0 Å². The van der Waals surface area contributed by atoms with Gasteiger partial charge in [-0.3, -0.25) is 4.98 Å². The van der Waals surface area contributed by atoms with Crippen LogP contribution in [0.1, 0.15) is 51.5 Å². The zero-order valence-corrected chi connectivity index (χ0v) is 45.6. The number of benzene rings is 8. The van der Waals surface area contributed by atoms with E-state index in [0.717, 1.165) is 67.0 Å². The van der Waals surface area contributed by atoms with Crippen molar-refractivity contribution in [3.05, 3.63) is 231 Å². The number of rotatable bonds is 8.